The topological polar surface area (TPSA) is 66.8 Å². The molecule has 7 heteroatoms. The van der Waals surface area contributed by atoms with E-state index in [-0.39, 0.29) is 6.61 Å². The van der Waals surface area contributed by atoms with Crippen molar-refractivity contribution in [2.24, 2.45) is 0 Å². The molecule has 0 bridgehead atoms. The van der Waals surface area contributed by atoms with Gasteiger partial charge in [-0.3, -0.25) is 4.52 Å². The Morgan fingerprint density at radius 3 is 1.72 bits per heavy atom. The lowest BCUT2D eigenvalue weighted by Gasteiger charge is -2.03. The van der Waals surface area contributed by atoms with E-state index in [4.69, 9.17) is 9.79 Å². The van der Waals surface area contributed by atoms with Crippen molar-refractivity contribution in [3.8, 4) is 0 Å². The van der Waals surface area contributed by atoms with Gasteiger partial charge in [-0.2, -0.15) is 0 Å². The summed E-state index contributed by atoms with van der Waals surface area (Å²) in [7, 11) is -0.634. The van der Waals surface area contributed by atoms with Crippen LogP contribution in [0.25, 0.3) is 0 Å². The van der Waals surface area contributed by atoms with Crippen LogP contribution < -0.4 is 0 Å². The number of hydrogen-bond donors (Lipinski definition) is 2. The Bertz CT molecular complexity index is 565. The molecule has 25 heavy (non-hydrogen) atoms. The summed E-state index contributed by atoms with van der Waals surface area (Å²) in [5, 5.41) is 0. The molecule has 0 unspecified atom stereocenters. The lowest BCUT2D eigenvalue weighted by molar-refractivity contribution is 0.193. The molecule has 0 fully saturated rings. The average molecular weight is 401 g/mol. The van der Waals surface area contributed by atoms with E-state index in [2.05, 4.69) is 60.0 Å². The first kappa shape index (κ1) is 22.3. The molecule has 138 valence electrons. The molecular formula is C18H25O4PS2. The largest absolute Gasteiger partial charge is 0.469 e. The number of benzene rings is 2. The van der Waals surface area contributed by atoms with Gasteiger partial charge in [0.25, 0.3) is 0 Å². The Morgan fingerprint density at radius 2 is 1.32 bits per heavy atom. The molecule has 0 aliphatic carbocycles. The third-order valence-electron chi connectivity index (χ3n) is 2.98. The molecule has 0 saturated heterocycles. The maximum Gasteiger partial charge on any atom is 0.469 e. The van der Waals surface area contributed by atoms with Gasteiger partial charge < -0.3 is 9.79 Å². The van der Waals surface area contributed by atoms with Gasteiger partial charge in [0.2, 0.25) is 0 Å². The summed E-state index contributed by atoms with van der Waals surface area (Å²) < 4.78 is 14.4. The van der Waals surface area contributed by atoms with Crippen LogP contribution in [0.2, 0.25) is 0 Å². The predicted molar refractivity (Wildman–Crippen MR) is 107 cm³/mol. The van der Waals surface area contributed by atoms with Gasteiger partial charge in [0.05, 0.1) is 6.61 Å². The molecule has 2 aromatic rings. The summed E-state index contributed by atoms with van der Waals surface area (Å²) in [4.78, 5) is 19.1. The number of rotatable bonds is 9. The summed E-state index contributed by atoms with van der Waals surface area (Å²) in [6.45, 7) is 2.23. The Balaban J connectivity index is 0.000000260. The van der Waals surface area contributed by atoms with E-state index in [1.54, 1.807) is 21.6 Å². The van der Waals surface area contributed by atoms with Crippen LogP contribution in [0, 0.1) is 0 Å². The van der Waals surface area contributed by atoms with Crippen LogP contribution in [0.5, 0.6) is 0 Å². The van der Waals surface area contributed by atoms with Crippen molar-refractivity contribution in [2.45, 2.75) is 42.4 Å². The van der Waals surface area contributed by atoms with Crippen molar-refractivity contribution in [2.75, 3.05) is 6.61 Å². The number of phosphoric acid groups is 1. The van der Waals surface area contributed by atoms with Crippen LogP contribution in [0.4, 0.5) is 0 Å². The standard InChI is InChI=1S/C12H10S2.C6H15O4P/c1-3-7-11(8-4-1)13-14-12-9-5-2-6-10-12;1-2-3-4-5-6-10-11(7,8)9/h1-10H;2-6H2,1H3,(H2,7,8,9). The zero-order valence-corrected chi connectivity index (χ0v) is 16.8. The molecule has 2 rings (SSSR count). The second-order valence-electron chi connectivity index (χ2n) is 5.18. The first-order valence-corrected chi connectivity index (χ1v) is 11.8. The van der Waals surface area contributed by atoms with Crippen molar-refractivity contribution >= 4 is 29.4 Å². The molecule has 0 aliphatic rings. The molecule has 0 heterocycles. The zero-order valence-electron chi connectivity index (χ0n) is 14.3. The van der Waals surface area contributed by atoms with Crippen molar-refractivity contribution in [3.63, 3.8) is 0 Å². The zero-order chi connectivity index (χ0) is 18.4. The monoisotopic (exact) mass is 400 g/mol. The van der Waals surface area contributed by atoms with E-state index in [1.807, 2.05) is 12.1 Å². The maximum atomic E-state index is 10.1. The molecule has 4 nitrogen and oxygen atoms in total. The van der Waals surface area contributed by atoms with Crippen LogP contribution in [0.1, 0.15) is 32.6 Å². The fourth-order valence-corrected chi connectivity index (χ4v) is 4.10. The van der Waals surface area contributed by atoms with Gasteiger partial charge in [-0.1, -0.05) is 84.2 Å². The summed E-state index contributed by atoms with van der Waals surface area (Å²) >= 11 is 0. The quantitative estimate of drug-likeness (QED) is 0.298. The highest BCUT2D eigenvalue weighted by Gasteiger charge is 2.11. The highest BCUT2D eigenvalue weighted by atomic mass is 33.1. The molecule has 2 N–H and O–H groups in total. The second-order valence-corrected chi connectivity index (χ2v) is 8.69. The highest BCUT2D eigenvalue weighted by Crippen LogP contribution is 2.37. The summed E-state index contributed by atoms with van der Waals surface area (Å²) in [6, 6.07) is 20.8. The highest BCUT2D eigenvalue weighted by molar-refractivity contribution is 8.76. The average Bonchev–Trinajstić information content (AvgIpc) is 2.61. The van der Waals surface area contributed by atoms with E-state index in [0.29, 0.717) is 0 Å². The third-order valence-corrected chi connectivity index (χ3v) is 5.91. The van der Waals surface area contributed by atoms with Crippen molar-refractivity contribution in [1.82, 2.24) is 0 Å². The predicted octanol–water partition coefficient (Wildman–Crippen LogP) is 6.16. The lowest BCUT2D eigenvalue weighted by Crippen LogP contribution is -1.91. The Labute approximate surface area is 158 Å². The van der Waals surface area contributed by atoms with Gasteiger partial charge >= 0.3 is 7.82 Å². The second kappa shape index (κ2) is 13.5. The van der Waals surface area contributed by atoms with Crippen LogP contribution in [0.15, 0.2) is 70.5 Å². The number of hydrogen-bond acceptors (Lipinski definition) is 4. The molecule has 0 aromatic heterocycles. The molecule has 0 radical (unpaired) electrons. The smallest absolute Gasteiger partial charge is 0.303 e. The molecule has 0 amide bonds. The third kappa shape index (κ3) is 13.2. The van der Waals surface area contributed by atoms with Gasteiger partial charge in [0.15, 0.2) is 0 Å². The van der Waals surface area contributed by atoms with Gasteiger partial charge in [-0.15, -0.1) is 0 Å². The SMILES string of the molecule is CCCCCCOP(=O)(O)O.c1ccc(SSc2ccccc2)cc1. The molecule has 0 saturated carbocycles. The fourth-order valence-electron chi connectivity index (χ4n) is 1.76. The minimum absolute atomic E-state index is 0.157. The van der Waals surface area contributed by atoms with E-state index in [0.717, 1.165) is 25.7 Å². The normalized spacial score (nSPS) is 10.8. The Morgan fingerprint density at radius 1 is 0.840 bits per heavy atom. The van der Waals surface area contributed by atoms with E-state index >= 15 is 0 Å². The summed E-state index contributed by atoms with van der Waals surface area (Å²) in [6.07, 6.45) is 3.88. The Kier molecular flexibility index (Phi) is 12.0. The number of unbranched alkanes of at least 4 members (excludes halogenated alkanes) is 3. The lowest BCUT2D eigenvalue weighted by atomic mass is 10.2. The van der Waals surface area contributed by atoms with E-state index in [9.17, 15) is 4.57 Å². The summed E-state index contributed by atoms with van der Waals surface area (Å²) in [5.74, 6) is 0. The number of phosphoric ester groups is 1. The summed E-state index contributed by atoms with van der Waals surface area (Å²) in [5.41, 5.74) is 0. The first-order valence-electron chi connectivity index (χ1n) is 8.16. The van der Waals surface area contributed by atoms with Crippen LogP contribution in [-0.2, 0) is 9.09 Å². The minimum Gasteiger partial charge on any atom is -0.303 e. The minimum atomic E-state index is -4.21. The van der Waals surface area contributed by atoms with E-state index < -0.39 is 7.82 Å². The maximum absolute atomic E-state index is 10.1. The van der Waals surface area contributed by atoms with Crippen molar-refractivity contribution in [1.29, 1.82) is 0 Å². The van der Waals surface area contributed by atoms with Gasteiger partial charge in [-0.05, 0) is 30.7 Å². The molecule has 0 atom stereocenters. The van der Waals surface area contributed by atoms with E-state index in [1.165, 1.54) is 9.79 Å². The van der Waals surface area contributed by atoms with Gasteiger partial charge in [-0.25, -0.2) is 4.57 Å². The Hall–Kier alpha value is -0.750. The van der Waals surface area contributed by atoms with Crippen LogP contribution in [0.3, 0.4) is 0 Å². The van der Waals surface area contributed by atoms with Crippen molar-refractivity contribution < 1.29 is 18.9 Å². The van der Waals surface area contributed by atoms with Crippen LogP contribution in [-0.4, -0.2) is 16.4 Å². The van der Waals surface area contributed by atoms with Crippen LogP contribution >= 0.6 is 29.4 Å². The van der Waals surface area contributed by atoms with Gasteiger partial charge in [0, 0.05) is 9.79 Å². The van der Waals surface area contributed by atoms with Crippen molar-refractivity contribution in [3.05, 3.63) is 60.7 Å². The molecule has 2 aromatic carbocycles. The van der Waals surface area contributed by atoms with Gasteiger partial charge in [0.1, 0.15) is 0 Å². The fraction of sp³-hybridized carbons (Fsp3) is 0.333. The molecule has 0 spiro atoms. The molecule has 0 aliphatic heterocycles. The molecular weight excluding hydrogens is 375 g/mol. The first-order chi connectivity index (χ1) is 12.0.